The monoisotopic (exact) mass is 519 g/mol. The third kappa shape index (κ3) is 5.85. The van der Waals surface area contributed by atoms with Crippen LogP contribution in [0, 0.1) is 52.3 Å². The van der Waals surface area contributed by atoms with Gasteiger partial charge in [0.15, 0.2) is 0 Å². The molecule has 4 rings (SSSR count). The molecule has 4 fully saturated rings. The van der Waals surface area contributed by atoms with Crippen LogP contribution < -0.4 is 29.6 Å². The zero-order chi connectivity index (χ0) is 24.9. The van der Waals surface area contributed by atoms with Gasteiger partial charge in [-0.25, -0.2) is 8.42 Å². The van der Waals surface area contributed by atoms with E-state index in [-0.39, 0.29) is 40.9 Å². The Labute approximate surface area is 235 Å². The molecule has 4 aliphatic carbocycles. The molecule has 0 heterocycles. The fourth-order valence-corrected chi connectivity index (χ4v) is 9.93. The van der Waals surface area contributed by atoms with Gasteiger partial charge in [0, 0.05) is 5.92 Å². The summed E-state index contributed by atoms with van der Waals surface area (Å²) in [7, 11) is -4.73. The van der Waals surface area contributed by atoms with E-state index in [4.69, 9.17) is 4.18 Å². The fraction of sp³-hybridized carbons (Fsp3) is 0.963. The molecule has 0 amide bonds. The van der Waals surface area contributed by atoms with Crippen LogP contribution in [-0.2, 0) is 14.6 Å². The first-order chi connectivity index (χ1) is 15.9. The van der Waals surface area contributed by atoms with Crippen molar-refractivity contribution in [2.24, 2.45) is 57.4 Å². The summed E-state index contributed by atoms with van der Waals surface area (Å²) in [5.41, 5.74) is 1.14. The maximum atomic E-state index is 11.2. The van der Waals surface area contributed by atoms with Gasteiger partial charge in [0.25, 0.3) is 0 Å². The molecule has 6 nitrogen and oxygen atoms in total. The molecule has 6 unspecified atom stereocenters. The minimum absolute atomic E-state index is 0. The molecule has 0 aromatic carbocycles. The average Bonchev–Trinajstić information content (AvgIpc) is 3.09. The summed E-state index contributed by atoms with van der Waals surface area (Å²) in [6.07, 6.45) is 11.1. The Hall–Kier alpha value is 0.340. The van der Waals surface area contributed by atoms with Crippen molar-refractivity contribution in [1.29, 1.82) is 0 Å². The van der Waals surface area contributed by atoms with Crippen LogP contribution in [0.3, 0.4) is 0 Å². The number of rotatable bonds is 7. The quantitative estimate of drug-likeness (QED) is 0.183. The first-order valence-electron chi connectivity index (χ1n) is 13.7. The second-order valence-electron chi connectivity index (χ2n) is 13.2. The van der Waals surface area contributed by atoms with Gasteiger partial charge >= 0.3 is 29.6 Å². The molecule has 0 bridgehead atoms. The molecular weight excluding hydrogens is 473 g/mol. The third-order valence-electron chi connectivity index (χ3n) is 11.0. The van der Waals surface area contributed by atoms with Crippen molar-refractivity contribution in [3.63, 3.8) is 0 Å². The van der Waals surface area contributed by atoms with Crippen LogP contribution in [0.1, 0.15) is 105 Å². The second-order valence-corrected chi connectivity index (χ2v) is 14.2. The molecule has 0 aromatic rings. The molecule has 9 atom stereocenters. The Morgan fingerprint density at radius 3 is 2.34 bits per heavy atom. The molecule has 4 aliphatic rings. The summed E-state index contributed by atoms with van der Waals surface area (Å²) in [6, 6.07) is 0. The summed E-state index contributed by atoms with van der Waals surface area (Å²) < 4.78 is 38.5. The van der Waals surface area contributed by atoms with E-state index >= 15 is 0 Å². The van der Waals surface area contributed by atoms with Crippen LogP contribution in [0.15, 0.2) is 5.16 Å². The minimum Gasteiger partial charge on any atom is -0.726 e. The van der Waals surface area contributed by atoms with Crippen LogP contribution in [-0.4, -0.2) is 30.0 Å². The van der Waals surface area contributed by atoms with Crippen molar-refractivity contribution in [2.75, 3.05) is 0 Å². The maximum absolute atomic E-state index is 11.2. The van der Waals surface area contributed by atoms with Crippen molar-refractivity contribution in [3.8, 4) is 0 Å². The summed E-state index contributed by atoms with van der Waals surface area (Å²) in [6.45, 7) is 12.0. The number of hydrogen-bond donors (Lipinski definition) is 1. The Bertz CT molecular complexity index is 879. The smallest absolute Gasteiger partial charge is 0.726 e. The van der Waals surface area contributed by atoms with Gasteiger partial charge in [0.2, 0.25) is 10.4 Å². The summed E-state index contributed by atoms with van der Waals surface area (Å²) in [5.74, 6) is 4.03. The Morgan fingerprint density at radius 1 is 1.06 bits per heavy atom. The molecule has 8 heteroatoms. The molecule has 0 spiro atoms. The standard InChI is InChI=1S/C27H47NO5S.Na/c1-17(2)7-6-8-18(3)21-9-10-22-20-16-25(28-29)24-15-19(33-34(30,31)32)11-13-27(24,5)23(20)12-14-26(21,22)4;/h17-24,29H,6-16H2,1-5H3,(H,30,31,32);/q;+1/p-1/b28-25+;/t18?,19-,20?,21?,22?,23?,24?,26+,27+;/m0./s1. The van der Waals surface area contributed by atoms with E-state index in [0.29, 0.717) is 36.0 Å². The Kier molecular flexibility index (Phi) is 9.58. The zero-order valence-electron chi connectivity index (χ0n) is 22.8. The van der Waals surface area contributed by atoms with Crippen molar-refractivity contribution in [2.45, 2.75) is 111 Å². The number of nitrogens with zero attached hydrogens (tertiary/aromatic N) is 1. The van der Waals surface area contributed by atoms with Gasteiger partial charge in [-0.2, -0.15) is 0 Å². The molecule has 0 aromatic heterocycles. The predicted molar refractivity (Wildman–Crippen MR) is 132 cm³/mol. The van der Waals surface area contributed by atoms with Gasteiger partial charge in [-0.05, 0) is 97.7 Å². The van der Waals surface area contributed by atoms with E-state index in [1.165, 1.54) is 44.9 Å². The largest absolute Gasteiger partial charge is 1.00 e. The Morgan fingerprint density at radius 2 is 1.71 bits per heavy atom. The molecular formula is C27H46NNaO5S. The first-order valence-corrected chi connectivity index (χ1v) is 15.1. The topological polar surface area (TPSA) is 99.0 Å². The van der Waals surface area contributed by atoms with E-state index < -0.39 is 16.5 Å². The zero-order valence-corrected chi connectivity index (χ0v) is 25.6. The third-order valence-corrected chi connectivity index (χ3v) is 11.5. The van der Waals surface area contributed by atoms with Gasteiger partial charge in [-0.15, -0.1) is 0 Å². The molecule has 0 saturated heterocycles. The number of fused-ring (bicyclic) bond motifs is 5. The molecule has 4 saturated carbocycles. The van der Waals surface area contributed by atoms with Crippen molar-refractivity contribution >= 4 is 16.1 Å². The van der Waals surface area contributed by atoms with Gasteiger partial charge in [0.1, 0.15) is 0 Å². The molecule has 1 N–H and O–H groups in total. The van der Waals surface area contributed by atoms with Crippen LogP contribution in [0.25, 0.3) is 0 Å². The fourth-order valence-electron chi connectivity index (χ4n) is 9.42. The van der Waals surface area contributed by atoms with E-state index in [1.54, 1.807) is 0 Å². The summed E-state index contributed by atoms with van der Waals surface area (Å²) >= 11 is 0. The van der Waals surface area contributed by atoms with E-state index in [9.17, 15) is 18.2 Å². The van der Waals surface area contributed by atoms with Crippen LogP contribution in [0.4, 0.5) is 0 Å². The van der Waals surface area contributed by atoms with Crippen molar-refractivity contribution < 1.29 is 51.9 Å². The predicted octanol–water partition coefficient (Wildman–Crippen LogP) is 3.40. The van der Waals surface area contributed by atoms with Gasteiger partial charge in [0.05, 0.1) is 11.8 Å². The maximum Gasteiger partial charge on any atom is 1.00 e. The minimum atomic E-state index is -4.73. The number of hydrogen-bond acceptors (Lipinski definition) is 6. The molecule has 0 radical (unpaired) electrons. The number of oxime groups is 1. The molecule has 35 heavy (non-hydrogen) atoms. The summed E-state index contributed by atoms with van der Waals surface area (Å²) in [4.78, 5) is 0. The molecule has 196 valence electrons. The van der Waals surface area contributed by atoms with E-state index in [0.717, 1.165) is 36.3 Å². The summed E-state index contributed by atoms with van der Waals surface area (Å²) in [5, 5.41) is 13.8. The first kappa shape index (κ1) is 29.9. The van der Waals surface area contributed by atoms with Crippen LogP contribution >= 0.6 is 0 Å². The van der Waals surface area contributed by atoms with Gasteiger partial charge in [-0.1, -0.05) is 59.0 Å². The van der Waals surface area contributed by atoms with Crippen molar-refractivity contribution in [1.82, 2.24) is 0 Å². The van der Waals surface area contributed by atoms with Gasteiger partial charge < -0.3 is 9.76 Å². The van der Waals surface area contributed by atoms with Crippen LogP contribution in [0.2, 0.25) is 0 Å². The van der Waals surface area contributed by atoms with E-state index in [2.05, 4.69) is 39.8 Å². The normalized spacial score (nSPS) is 43.2. The molecule has 0 aliphatic heterocycles. The van der Waals surface area contributed by atoms with Crippen LogP contribution in [0.5, 0.6) is 0 Å². The second kappa shape index (κ2) is 11.2. The average molecular weight is 520 g/mol. The van der Waals surface area contributed by atoms with E-state index in [1.807, 2.05) is 0 Å². The van der Waals surface area contributed by atoms with Crippen molar-refractivity contribution in [3.05, 3.63) is 0 Å². The Balaban J connectivity index is 0.00000342. The SMILES string of the molecule is CC(C)CCCC(C)C1CCC2C3C/C(=N\O)C4C[C@@H](OS(=O)(=O)[O-])CC[C@]4(C)C3CC[C@]12C.[Na+]. The van der Waals surface area contributed by atoms with Gasteiger partial charge in [-0.3, -0.25) is 4.18 Å².